The van der Waals surface area contributed by atoms with Crippen LogP contribution in [0.4, 0.5) is 0 Å². The number of carbonyl (C=O) groups is 3. The van der Waals surface area contributed by atoms with Gasteiger partial charge in [-0.25, -0.2) is 9.59 Å². The predicted octanol–water partition coefficient (Wildman–Crippen LogP) is 2.38. The Morgan fingerprint density at radius 1 is 0.906 bits per heavy atom. The Hall–Kier alpha value is -3.67. The lowest BCUT2D eigenvalue weighted by molar-refractivity contribution is -0.191. The van der Waals surface area contributed by atoms with Gasteiger partial charge in [0.05, 0.1) is 11.1 Å². The van der Waals surface area contributed by atoms with E-state index in [1.165, 1.54) is 6.92 Å². The van der Waals surface area contributed by atoms with Gasteiger partial charge in [-0.05, 0) is 24.3 Å². The molecule has 0 aliphatic carbocycles. The summed E-state index contributed by atoms with van der Waals surface area (Å²) in [5, 5.41) is 0. The molecule has 1 saturated heterocycles. The maximum atomic E-state index is 12.7. The molecule has 8 heteroatoms. The normalized spacial score (nSPS) is 21.9. The summed E-state index contributed by atoms with van der Waals surface area (Å²) < 4.78 is 27.5. The van der Waals surface area contributed by atoms with Gasteiger partial charge in [-0.2, -0.15) is 0 Å². The largest absolute Gasteiger partial charge is 0.459 e. The summed E-state index contributed by atoms with van der Waals surface area (Å²) in [5.41, 5.74) is 0.652. The lowest BCUT2D eigenvalue weighted by atomic mass is 10.1. The summed E-state index contributed by atoms with van der Waals surface area (Å²) in [6.07, 6.45) is 1.07. The van der Waals surface area contributed by atoms with Crippen LogP contribution in [-0.2, 0) is 28.5 Å². The van der Waals surface area contributed by atoms with Crippen molar-refractivity contribution in [2.75, 3.05) is 13.2 Å². The van der Waals surface area contributed by atoms with E-state index >= 15 is 0 Å². The van der Waals surface area contributed by atoms with Crippen molar-refractivity contribution in [1.82, 2.24) is 0 Å². The molecule has 2 aromatic rings. The van der Waals surface area contributed by atoms with E-state index in [1.807, 2.05) is 0 Å². The predicted molar refractivity (Wildman–Crippen MR) is 111 cm³/mol. The highest BCUT2D eigenvalue weighted by Crippen LogP contribution is 2.29. The van der Waals surface area contributed by atoms with Gasteiger partial charge >= 0.3 is 17.9 Å². The van der Waals surface area contributed by atoms with Crippen LogP contribution in [0.1, 0.15) is 27.6 Å². The Balaban J connectivity index is 1.78. The van der Waals surface area contributed by atoms with Crippen molar-refractivity contribution in [3.8, 4) is 12.3 Å². The first kappa shape index (κ1) is 23.0. The number of benzene rings is 2. The molecule has 0 aromatic heterocycles. The number of rotatable bonds is 8. The van der Waals surface area contributed by atoms with Crippen molar-refractivity contribution in [1.29, 1.82) is 0 Å². The highest BCUT2D eigenvalue weighted by atomic mass is 16.7. The maximum Gasteiger partial charge on any atom is 0.338 e. The lowest BCUT2D eigenvalue weighted by Gasteiger charge is -2.23. The van der Waals surface area contributed by atoms with Crippen LogP contribution in [0.25, 0.3) is 0 Å². The van der Waals surface area contributed by atoms with Crippen molar-refractivity contribution in [3.05, 3.63) is 71.8 Å². The van der Waals surface area contributed by atoms with E-state index in [2.05, 4.69) is 5.92 Å². The Bertz CT molecular complexity index is 966. The molecular weight excluding hydrogens is 416 g/mol. The molecule has 0 radical (unpaired) electrons. The fraction of sp³-hybridized carbons (Fsp3) is 0.292. The minimum absolute atomic E-state index is 0.137. The first-order chi connectivity index (χ1) is 15.5. The Labute approximate surface area is 185 Å². The van der Waals surface area contributed by atoms with E-state index in [0.717, 1.165) is 0 Å². The second kappa shape index (κ2) is 11.1. The minimum atomic E-state index is -1.20. The molecule has 1 fully saturated rings. The average Bonchev–Trinajstić information content (AvgIpc) is 3.12. The number of carbonyl (C=O) groups excluding carboxylic acids is 3. The SMILES string of the molecule is C#CCO[C@H]1C(OC(C)=O)O[C@H](COC(=O)c2ccccc2)[C@H]1OC(=O)c1ccccc1. The maximum absolute atomic E-state index is 12.7. The molecule has 166 valence electrons. The van der Waals surface area contributed by atoms with Crippen LogP contribution in [-0.4, -0.2) is 55.7 Å². The van der Waals surface area contributed by atoms with Crippen LogP contribution >= 0.6 is 0 Å². The van der Waals surface area contributed by atoms with Crippen molar-refractivity contribution >= 4 is 17.9 Å². The molecule has 0 N–H and O–H groups in total. The van der Waals surface area contributed by atoms with Gasteiger partial charge in [0, 0.05) is 6.92 Å². The molecule has 0 spiro atoms. The molecule has 8 nitrogen and oxygen atoms in total. The highest BCUT2D eigenvalue weighted by Gasteiger charge is 2.50. The van der Waals surface area contributed by atoms with Gasteiger partial charge in [-0.3, -0.25) is 4.79 Å². The first-order valence-corrected chi connectivity index (χ1v) is 9.85. The van der Waals surface area contributed by atoms with Crippen molar-refractivity contribution < 1.29 is 38.1 Å². The van der Waals surface area contributed by atoms with Crippen LogP contribution in [0.3, 0.4) is 0 Å². The van der Waals surface area contributed by atoms with Crippen LogP contribution in [0.2, 0.25) is 0 Å². The molecule has 4 atom stereocenters. The van der Waals surface area contributed by atoms with Gasteiger partial charge in [0.1, 0.15) is 19.3 Å². The van der Waals surface area contributed by atoms with E-state index in [9.17, 15) is 14.4 Å². The summed E-state index contributed by atoms with van der Waals surface area (Å²) in [5.74, 6) is 0.465. The van der Waals surface area contributed by atoms with Gasteiger partial charge in [0.2, 0.25) is 6.29 Å². The van der Waals surface area contributed by atoms with Crippen LogP contribution in [0.5, 0.6) is 0 Å². The second-order valence-corrected chi connectivity index (χ2v) is 6.83. The molecule has 1 aliphatic heterocycles. The second-order valence-electron chi connectivity index (χ2n) is 6.83. The molecule has 32 heavy (non-hydrogen) atoms. The monoisotopic (exact) mass is 438 g/mol. The van der Waals surface area contributed by atoms with Crippen molar-refractivity contribution in [3.63, 3.8) is 0 Å². The van der Waals surface area contributed by atoms with Crippen LogP contribution < -0.4 is 0 Å². The summed E-state index contributed by atoms with van der Waals surface area (Å²) >= 11 is 0. The quantitative estimate of drug-likeness (QED) is 0.352. The van der Waals surface area contributed by atoms with E-state index in [1.54, 1.807) is 60.7 Å². The van der Waals surface area contributed by atoms with Gasteiger partial charge in [-0.15, -0.1) is 6.42 Å². The number of terminal acetylenes is 1. The smallest absolute Gasteiger partial charge is 0.338 e. The van der Waals surface area contributed by atoms with Crippen LogP contribution in [0.15, 0.2) is 60.7 Å². The third-order valence-corrected chi connectivity index (χ3v) is 4.55. The first-order valence-electron chi connectivity index (χ1n) is 9.85. The number of hydrogen-bond acceptors (Lipinski definition) is 8. The van der Waals surface area contributed by atoms with Gasteiger partial charge in [0.25, 0.3) is 0 Å². The molecule has 0 amide bonds. The summed E-state index contributed by atoms with van der Waals surface area (Å²) in [6.45, 7) is 0.797. The molecular formula is C24H22O8. The molecule has 3 rings (SSSR count). The summed E-state index contributed by atoms with van der Waals surface area (Å²) in [6, 6.07) is 16.7. The number of esters is 3. The van der Waals surface area contributed by atoms with E-state index < -0.39 is 42.5 Å². The molecule has 0 bridgehead atoms. The fourth-order valence-corrected chi connectivity index (χ4v) is 3.13. The topological polar surface area (TPSA) is 97.4 Å². The Morgan fingerprint density at radius 3 is 2.06 bits per heavy atom. The fourth-order valence-electron chi connectivity index (χ4n) is 3.13. The van der Waals surface area contributed by atoms with E-state index in [4.69, 9.17) is 30.1 Å². The zero-order valence-electron chi connectivity index (χ0n) is 17.3. The van der Waals surface area contributed by atoms with E-state index in [0.29, 0.717) is 11.1 Å². The molecule has 1 unspecified atom stereocenters. The van der Waals surface area contributed by atoms with Gasteiger partial charge in [-0.1, -0.05) is 42.3 Å². The highest BCUT2D eigenvalue weighted by molar-refractivity contribution is 5.90. The van der Waals surface area contributed by atoms with Crippen LogP contribution in [0, 0.1) is 12.3 Å². The number of hydrogen-bond donors (Lipinski definition) is 0. The third kappa shape index (κ3) is 5.94. The Kier molecular flexibility index (Phi) is 7.97. The average molecular weight is 438 g/mol. The molecule has 0 saturated carbocycles. The van der Waals surface area contributed by atoms with Crippen molar-refractivity contribution in [2.45, 2.75) is 31.5 Å². The van der Waals surface area contributed by atoms with Crippen molar-refractivity contribution in [2.24, 2.45) is 0 Å². The van der Waals surface area contributed by atoms with Gasteiger partial charge < -0.3 is 23.7 Å². The summed E-state index contributed by atoms with van der Waals surface area (Å²) in [7, 11) is 0. The molecule has 2 aromatic carbocycles. The summed E-state index contributed by atoms with van der Waals surface area (Å²) in [4.78, 5) is 36.5. The number of ether oxygens (including phenoxy) is 5. The zero-order valence-corrected chi connectivity index (χ0v) is 17.3. The Morgan fingerprint density at radius 2 is 1.50 bits per heavy atom. The lowest BCUT2D eigenvalue weighted by Crippen LogP contribution is -2.41. The molecule has 1 heterocycles. The standard InChI is InChI=1S/C24H22O8/c1-3-14-28-21-20(32-23(27)18-12-8-5-9-13-18)19(31-24(21)30-16(2)25)15-29-22(26)17-10-6-4-7-11-17/h1,4-13,19-21,24H,14-15H2,2H3/t19-,20-,21-,24?/m1/s1. The zero-order chi connectivity index (χ0) is 22.9. The van der Waals surface area contributed by atoms with E-state index in [-0.39, 0.29) is 13.2 Å². The third-order valence-electron chi connectivity index (χ3n) is 4.55. The van der Waals surface area contributed by atoms with Gasteiger partial charge in [0.15, 0.2) is 12.2 Å². The minimum Gasteiger partial charge on any atom is -0.459 e. The molecule has 1 aliphatic rings.